The molecule has 2 aliphatic carbocycles. The Balaban J connectivity index is 1.34. The van der Waals surface area contributed by atoms with Crippen molar-refractivity contribution >= 4 is 23.9 Å². The molecule has 1 amide bonds. The summed E-state index contributed by atoms with van der Waals surface area (Å²) < 4.78 is 19.5. The molecule has 2 heterocycles. The van der Waals surface area contributed by atoms with Gasteiger partial charge < -0.3 is 19.1 Å². The van der Waals surface area contributed by atoms with Gasteiger partial charge in [-0.25, -0.2) is 0 Å². The lowest BCUT2D eigenvalue weighted by atomic mass is 9.48. The lowest BCUT2D eigenvalue weighted by molar-refractivity contribution is -0.224. The molecule has 0 radical (unpaired) electrons. The highest BCUT2D eigenvalue weighted by Gasteiger charge is 2.75. The molecule has 1 saturated carbocycles. The molecule has 256 valence electrons. The smallest absolute Gasteiger partial charge is 0.308 e. The molecule has 3 aromatic carbocycles. The van der Waals surface area contributed by atoms with Crippen LogP contribution in [0.5, 0.6) is 11.5 Å². The summed E-state index contributed by atoms with van der Waals surface area (Å²) in [6, 6.07) is 23.8. The topological polar surface area (TPSA) is 85.4 Å². The highest BCUT2D eigenvalue weighted by Crippen LogP contribution is 2.67. The van der Waals surface area contributed by atoms with E-state index < -0.39 is 23.1 Å². The van der Waals surface area contributed by atoms with E-state index in [1.807, 2.05) is 53.4 Å². The predicted molar refractivity (Wildman–Crippen MR) is 187 cm³/mol. The first kappa shape index (κ1) is 33.1. The van der Waals surface area contributed by atoms with Gasteiger partial charge in [0.25, 0.3) is 0 Å². The van der Waals surface area contributed by atoms with Crippen molar-refractivity contribution in [3.63, 3.8) is 0 Å². The maximum atomic E-state index is 14.2. The van der Waals surface area contributed by atoms with Crippen LogP contribution in [0.2, 0.25) is 0 Å². The number of benzene rings is 3. The van der Waals surface area contributed by atoms with Crippen molar-refractivity contribution in [2.75, 3.05) is 19.6 Å². The Labute approximate surface area is 289 Å². The first-order valence-corrected chi connectivity index (χ1v) is 17.7. The summed E-state index contributed by atoms with van der Waals surface area (Å²) in [5.41, 5.74) is 2.72. The summed E-state index contributed by atoms with van der Waals surface area (Å²) in [4.78, 5) is 44.2. The average molecular weight is 663 g/mol. The monoisotopic (exact) mass is 662 g/mol. The van der Waals surface area contributed by atoms with E-state index in [4.69, 9.17) is 14.2 Å². The van der Waals surface area contributed by atoms with Crippen LogP contribution in [0.15, 0.2) is 78.9 Å². The third-order valence-corrected chi connectivity index (χ3v) is 11.1. The van der Waals surface area contributed by atoms with Crippen LogP contribution in [0.4, 0.5) is 0 Å². The Morgan fingerprint density at radius 2 is 1.71 bits per heavy atom. The summed E-state index contributed by atoms with van der Waals surface area (Å²) in [6.07, 6.45) is 6.47. The number of amides is 1. The minimum atomic E-state index is -0.880. The maximum Gasteiger partial charge on any atom is 0.308 e. The Morgan fingerprint density at radius 3 is 2.41 bits per heavy atom. The molecule has 8 nitrogen and oxygen atoms in total. The minimum absolute atomic E-state index is 0.0772. The number of carbonyl (C=O) groups excluding carboxylic acids is 3. The van der Waals surface area contributed by atoms with Gasteiger partial charge >= 0.3 is 11.9 Å². The molecule has 1 spiro atoms. The number of piperidine rings is 1. The van der Waals surface area contributed by atoms with Crippen LogP contribution in [0.25, 0.3) is 6.08 Å². The quantitative estimate of drug-likeness (QED) is 0.146. The van der Waals surface area contributed by atoms with Gasteiger partial charge in [0.2, 0.25) is 5.91 Å². The van der Waals surface area contributed by atoms with Crippen molar-refractivity contribution in [3.8, 4) is 11.5 Å². The maximum absolute atomic E-state index is 14.2. The Hall–Kier alpha value is -4.43. The van der Waals surface area contributed by atoms with Crippen molar-refractivity contribution in [2.45, 2.75) is 89.0 Å². The second-order valence-corrected chi connectivity index (χ2v) is 14.5. The summed E-state index contributed by atoms with van der Waals surface area (Å²) in [5, 5.41) is 0. The third kappa shape index (κ3) is 5.74. The molecule has 0 N–H and O–H groups in total. The lowest BCUT2D eigenvalue weighted by Crippen LogP contribution is -2.79. The number of rotatable bonds is 10. The normalized spacial score (nSPS) is 26.6. The molecule has 2 bridgehead atoms. The highest BCUT2D eigenvalue weighted by molar-refractivity contribution is 5.92. The molecule has 1 saturated heterocycles. The molecule has 49 heavy (non-hydrogen) atoms. The van der Waals surface area contributed by atoms with Crippen LogP contribution in [-0.2, 0) is 37.4 Å². The van der Waals surface area contributed by atoms with Crippen LogP contribution in [0.1, 0.15) is 69.2 Å². The minimum Gasteiger partial charge on any atom is -0.483 e. The van der Waals surface area contributed by atoms with E-state index >= 15 is 0 Å². The van der Waals surface area contributed by atoms with Crippen molar-refractivity contribution in [3.05, 3.63) is 101 Å². The third-order valence-electron chi connectivity index (χ3n) is 11.1. The van der Waals surface area contributed by atoms with Gasteiger partial charge in [0.1, 0.15) is 11.7 Å². The molecular weight excluding hydrogens is 616 g/mol. The number of hydrogen-bond donors (Lipinski definition) is 0. The van der Waals surface area contributed by atoms with E-state index in [1.165, 1.54) is 19.4 Å². The second-order valence-electron chi connectivity index (χ2n) is 14.5. The SMILES string of the molecule is CC(=O)Oc1ccc2c3c1O[C@H]1[C@H](N(CC(C)C)C(=O)C=Cc4ccccc4)CC[C@@]4(OC(C)=O)[C@@H](C2)N(CCc2ccccc2)CC[C@]314. The summed E-state index contributed by atoms with van der Waals surface area (Å²) >= 11 is 0. The van der Waals surface area contributed by atoms with Crippen LogP contribution in [0.3, 0.4) is 0 Å². The van der Waals surface area contributed by atoms with Gasteiger partial charge in [0, 0.05) is 38.6 Å². The molecule has 2 fully saturated rings. The molecular formula is C41H46N2O6. The van der Waals surface area contributed by atoms with Crippen molar-refractivity contribution in [2.24, 2.45) is 5.92 Å². The Morgan fingerprint density at radius 1 is 0.980 bits per heavy atom. The molecule has 7 rings (SSSR count). The number of hydrogen-bond acceptors (Lipinski definition) is 7. The zero-order chi connectivity index (χ0) is 34.3. The number of ether oxygens (including phenoxy) is 3. The average Bonchev–Trinajstić information content (AvgIpc) is 3.43. The van der Waals surface area contributed by atoms with Gasteiger partial charge in [-0.2, -0.15) is 0 Å². The van der Waals surface area contributed by atoms with Gasteiger partial charge in [-0.3, -0.25) is 19.3 Å². The standard InChI is InChI=1S/C41H46N2O6/c1-27(2)26-43(36(46)18-15-30-11-7-5-8-12-30)33-19-21-41(49-29(4)45)35-25-32-16-17-34(47-28(3)44)38-37(32)40(41,39(33)48-38)22-24-42(35)23-20-31-13-9-6-10-14-31/h5-18,27,33,35,39H,19-26H2,1-4H3/t33-,35-,39+,40+,41-/m1/s1. The zero-order valence-corrected chi connectivity index (χ0v) is 28.9. The highest BCUT2D eigenvalue weighted by atomic mass is 16.6. The van der Waals surface area contributed by atoms with Gasteiger partial charge in [0.05, 0.1) is 17.5 Å². The number of likely N-dealkylation sites (tertiary alicyclic amines) is 1. The predicted octanol–water partition coefficient (Wildman–Crippen LogP) is 6.15. The fraction of sp³-hybridized carbons (Fsp3) is 0.439. The van der Waals surface area contributed by atoms with Gasteiger partial charge in [-0.05, 0) is 73.4 Å². The summed E-state index contributed by atoms with van der Waals surface area (Å²) in [6.45, 7) is 9.30. The van der Waals surface area contributed by atoms with E-state index in [1.54, 1.807) is 6.08 Å². The van der Waals surface area contributed by atoms with E-state index in [0.717, 1.165) is 36.2 Å². The van der Waals surface area contributed by atoms with Crippen LogP contribution in [-0.4, -0.2) is 71.1 Å². The first-order chi connectivity index (χ1) is 23.6. The Kier molecular flexibility index (Phi) is 8.86. The van der Waals surface area contributed by atoms with E-state index in [0.29, 0.717) is 43.7 Å². The largest absolute Gasteiger partial charge is 0.483 e. The molecule has 0 unspecified atom stereocenters. The van der Waals surface area contributed by atoms with E-state index in [9.17, 15) is 14.4 Å². The Bertz CT molecular complexity index is 1760. The summed E-state index contributed by atoms with van der Waals surface area (Å²) in [7, 11) is 0. The van der Waals surface area contributed by atoms with Crippen molar-refractivity contribution in [1.82, 2.24) is 9.80 Å². The van der Waals surface area contributed by atoms with E-state index in [2.05, 4.69) is 49.1 Å². The summed E-state index contributed by atoms with van der Waals surface area (Å²) in [5.74, 6) is 0.311. The van der Waals surface area contributed by atoms with Crippen LogP contribution >= 0.6 is 0 Å². The fourth-order valence-corrected chi connectivity index (χ4v) is 9.38. The van der Waals surface area contributed by atoms with Crippen molar-refractivity contribution < 1.29 is 28.6 Å². The number of nitrogens with zero attached hydrogens (tertiary/aromatic N) is 2. The van der Waals surface area contributed by atoms with Crippen LogP contribution in [0, 0.1) is 5.92 Å². The second kappa shape index (κ2) is 13.1. The molecule has 2 aliphatic heterocycles. The molecule has 8 heteroatoms. The first-order valence-electron chi connectivity index (χ1n) is 17.7. The van der Waals surface area contributed by atoms with Crippen molar-refractivity contribution in [1.29, 1.82) is 0 Å². The van der Waals surface area contributed by atoms with E-state index in [-0.39, 0.29) is 29.9 Å². The zero-order valence-electron chi connectivity index (χ0n) is 28.9. The van der Waals surface area contributed by atoms with Gasteiger partial charge in [-0.1, -0.05) is 80.6 Å². The fourth-order valence-electron chi connectivity index (χ4n) is 9.38. The molecule has 5 atom stereocenters. The molecule has 3 aromatic rings. The number of esters is 2. The molecule has 0 aromatic heterocycles. The lowest BCUT2D eigenvalue weighted by Gasteiger charge is -2.65. The molecule has 4 aliphatic rings. The number of carbonyl (C=O) groups is 3. The van der Waals surface area contributed by atoms with Crippen LogP contribution < -0.4 is 9.47 Å². The van der Waals surface area contributed by atoms with Gasteiger partial charge in [-0.15, -0.1) is 0 Å². The van der Waals surface area contributed by atoms with Gasteiger partial charge in [0.15, 0.2) is 11.5 Å².